The highest BCUT2D eigenvalue weighted by Crippen LogP contribution is 2.32. The van der Waals surface area contributed by atoms with E-state index in [9.17, 15) is 4.79 Å². The van der Waals surface area contributed by atoms with E-state index in [1.165, 1.54) is 35.1 Å². The van der Waals surface area contributed by atoms with Gasteiger partial charge in [0.2, 0.25) is 0 Å². The summed E-state index contributed by atoms with van der Waals surface area (Å²) >= 11 is 0. The minimum atomic E-state index is 0.0436. The largest absolute Gasteiger partial charge is 0.497 e. The van der Waals surface area contributed by atoms with Gasteiger partial charge in [-0.25, -0.2) is 0 Å². The third-order valence-electron chi connectivity index (χ3n) is 5.58. The second kappa shape index (κ2) is 6.91. The Morgan fingerprint density at radius 3 is 2.60 bits per heavy atom. The van der Waals surface area contributed by atoms with E-state index in [-0.39, 0.29) is 11.9 Å². The van der Waals surface area contributed by atoms with E-state index in [1.54, 1.807) is 7.11 Å². The van der Waals surface area contributed by atoms with Crippen molar-refractivity contribution < 1.29 is 9.53 Å². The van der Waals surface area contributed by atoms with Crippen LogP contribution in [0.5, 0.6) is 5.75 Å². The van der Waals surface area contributed by atoms with Gasteiger partial charge in [-0.1, -0.05) is 12.1 Å². The lowest BCUT2D eigenvalue weighted by Crippen LogP contribution is -2.31. The standard InChI is InChI=1S/C22H25NO2/c1-25-19-11-12-20-17(14-19)7-4-8-21(20)23-22(24)18-10-9-15-5-2-3-6-16(15)13-18/h9-14,21H,2-8H2,1H3,(H,23,24)/t21-/m0/s1. The minimum Gasteiger partial charge on any atom is -0.497 e. The first kappa shape index (κ1) is 16.2. The molecule has 0 saturated carbocycles. The SMILES string of the molecule is COc1ccc2c(c1)CCC[C@@H]2NC(=O)c1ccc2c(c1)CCCC2. The van der Waals surface area contributed by atoms with E-state index in [1.807, 2.05) is 12.1 Å². The number of nitrogens with one attached hydrogen (secondary N) is 1. The zero-order valence-electron chi connectivity index (χ0n) is 14.8. The maximum absolute atomic E-state index is 12.8. The Bertz CT molecular complexity index is 797. The highest BCUT2D eigenvalue weighted by molar-refractivity contribution is 5.94. The van der Waals surface area contributed by atoms with Gasteiger partial charge in [0.1, 0.15) is 5.75 Å². The van der Waals surface area contributed by atoms with E-state index < -0.39 is 0 Å². The maximum atomic E-state index is 12.8. The topological polar surface area (TPSA) is 38.3 Å². The molecule has 130 valence electrons. The summed E-state index contributed by atoms with van der Waals surface area (Å²) in [5.74, 6) is 0.933. The van der Waals surface area contributed by atoms with E-state index in [0.717, 1.165) is 43.4 Å². The molecule has 0 aliphatic heterocycles. The fourth-order valence-electron chi connectivity index (χ4n) is 4.18. The van der Waals surface area contributed by atoms with Crippen molar-refractivity contribution in [2.75, 3.05) is 7.11 Å². The molecule has 0 heterocycles. The zero-order chi connectivity index (χ0) is 17.2. The summed E-state index contributed by atoms with van der Waals surface area (Å²) in [5, 5.41) is 3.26. The van der Waals surface area contributed by atoms with E-state index in [4.69, 9.17) is 4.74 Å². The molecular formula is C22H25NO2. The number of carbonyl (C=O) groups is 1. The van der Waals surface area contributed by atoms with Gasteiger partial charge >= 0.3 is 0 Å². The molecule has 0 fully saturated rings. The second-order valence-corrected chi connectivity index (χ2v) is 7.17. The molecule has 2 aromatic carbocycles. The molecule has 2 aromatic rings. The third-order valence-corrected chi connectivity index (χ3v) is 5.58. The number of hydrogen-bond acceptors (Lipinski definition) is 2. The van der Waals surface area contributed by atoms with Crippen molar-refractivity contribution >= 4 is 5.91 Å². The number of ether oxygens (including phenoxy) is 1. The maximum Gasteiger partial charge on any atom is 0.251 e. The minimum absolute atomic E-state index is 0.0436. The van der Waals surface area contributed by atoms with Gasteiger partial charge in [0, 0.05) is 5.56 Å². The molecule has 2 aliphatic carbocycles. The summed E-state index contributed by atoms with van der Waals surface area (Å²) in [4.78, 5) is 12.8. The van der Waals surface area contributed by atoms with Crippen molar-refractivity contribution in [3.8, 4) is 5.75 Å². The van der Waals surface area contributed by atoms with Crippen LogP contribution in [0.2, 0.25) is 0 Å². The predicted octanol–water partition coefficient (Wildman–Crippen LogP) is 4.38. The summed E-state index contributed by atoms with van der Waals surface area (Å²) < 4.78 is 5.33. The Morgan fingerprint density at radius 1 is 0.960 bits per heavy atom. The van der Waals surface area contributed by atoms with Gasteiger partial charge in [-0.2, -0.15) is 0 Å². The van der Waals surface area contributed by atoms with Gasteiger partial charge in [-0.15, -0.1) is 0 Å². The Morgan fingerprint density at radius 2 is 1.76 bits per heavy atom. The highest BCUT2D eigenvalue weighted by atomic mass is 16.5. The van der Waals surface area contributed by atoms with E-state index in [0.29, 0.717) is 0 Å². The van der Waals surface area contributed by atoms with Crippen molar-refractivity contribution in [3.05, 3.63) is 64.2 Å². The smallest absolute Gasteiger partial charge is 0.251 e. The lowest BCUT2D eigenvalue weighted by Gasteiger charge is -2.27. The van der Waals surface area contributed by atoms with Crippen LogP contribution in [0.15, 0.2) is 36.4 Å². The third kappa shape index (κ3) is 3.28. The van der Waals surface area contributed by atoms with Gasteiger partial charge in [-0.3, -0.25) is 4.79 Å². The molecule has 2 aliphatic rings. The zero-order valence-corrected chi connectivity index (χ0v) is 14.8. The molecule has 0 saturated heterocycles. The van der Waals surface area contributed by atoms with Crippen molar-refractivity contribution in [1.82, 2.24) is 5.32 Å². The summed E-state index contributed by atoms with van der Waals surface area (Å²) in [6, 6.07) is 12.5. The molecule has 25 heavy (non-hydrogen) atoms. The summed E-state index contributed by atoms with van der Waals surface area (Å²) in [5.41, 5.74) is 6.09. The average Bonchev–Trinajstić information content (AvgIpc) is 2.67. The molecule has 4 rings (SSSR count). The fourth-order valence-corrected chi connectivity index (χ4v) is 4.18. The van der Waals surface area contributed by atoms with Gasteiger partial charge < -0.3 is 10.1 Å². The summed E-state index contributed by atoms with van der Waals surface area (Å²) in [6.07, 6.45) is 7.89. The van der Waals surface area contributed by atoms with Crippen molar-refractivity contribution in [2.24, 2.45) is 0 Å². The molecule has 0 spiro atoms. The molecule has 1 amide bonds. The number of methoxy groups -OCH3 is 1. The molecule has 0 bridgehead atoms. The molecule has 0 unspecified atom stereocenters. The summed E-state index contributed by atoms with van der Waals surface area (Å²) in [6.45, 7) is 0. The predicted molar refractivity (Wildman–Crippen MR) is 99.2 cm³/mol. The van der Waals surface area contributed by atoms with Crippen LogP contribution in [-0.4, -0.2) is 13.0 Å². The average molecular weight is 335 g/mol. The van der Waals surface area contributed by atoms with E-state index in [2.05, 4.69) is 29.6 Å². The van der Waals surface area contributed by atoms with Crippen LogP contribution in [0, 0.1) is 0 Å². The molecule has 0 radical (unpaired) electrons. The normalized spacial score (nSPS) is 18.8. The lowest BCUT2D eigenvalue weighted by atomic mass is 9.87. The monoisotopic (exact) mass is 335 g/mol. The molecule has 3 heteroatoms. The molecular weight excluding hydrogens is 310 g/mol. The second-order valence-electron chi connectivity index (χ2n) is 7.17. The Kier molecular flexibility index (Phi) is 4.48. The fraction of sp³-hybridized carbons (Fsp3) is 0.409. The number of amides is 1. The van der Waals surface area contributed by atoms with E-state index >= 15 is 0 Å². The quantitative estimate of drug-likeness (QED) is 0.904. The van der Waals surface area contributed by atoms with Crippen LogP contribution in [-0.2, 0) is 19.3 Å². The molecule has 1 atom stereocenters. The van der Waals surface area contributed by atoms with Crippen LogP contribution < -0.4 is 10.1 Å². The molecule has 0 aromatic heterocycles. The van der Waals surface area contributed by atoms with Gasteiger partial charge in [0.15, 0.2) is 0 Å². The van der Waals surface area contributed by atoms with Crippen LogP contribution in [0.3, 0.4) is 0 Å². The number of benzene rings is 2. The number of rotatable bonds is 3. The van der Waals surface area contributed by atoms with Crippen LogP contribution >= 0.6 is 0 Å². The summed E-state index contributed by atoms with van der Waals surface area (Å²) in [7, 11) is 1.69. The Hall–Kier alpha value is -2.29. The number of aryl methyl sites for hydroxylation is 3. The molecule has 3 nitrogen and oxygen atoms in total. The Balaban J connectivity index is 1.54. The van der Waals surface area contributed by atoms with Crippen molar-refractivity contribution in [2.45, 2.75) is 51.0 Å². The van der Waals surface area contributed by atoms with Crippen molar-refractivity contribution in [1.29, 1.82) is 0 Å². The Labute approximate surface area is 149 Å². The first-order valence-corrected chi connectivity index (χ1v) is 9.34. The number of fused-ring (bicyclic) bond motifs is 2. The van der Waals surface area contributed by atoms with Crippen molar-refractivity contribution in [3.63, 3.8) is 0 Å². The highest BCUT2D eigenvalue weighted by Gasteiger charge is 2.23. The van der Waals surface area contributed by atoms with Gasteiger partial charge in [0.25, 0.3) is 5.91 Å². The van der Waals surface area contributed by atoms with Crippen LogP contribution in [0.1, 0.15) is 64.3 Å². The number of hydrogen-bond donors (Lipinski definition) is 1. The molecule has 1 N–H and O–H groups in total. The lowest BCUT2D eigenvalue weighted by molar-refractivity contribution is 0.0932. The number of carbonyl (C=O) groups excluding carboxylic acids is 1. The first-order valence-electron chi connectivity index (χ1n) is 9.34. The van der Waals surface area contributed by atoms with Crippen LogP contribution in [0.25, 0.3) is 0 Å². The van der Waals surface area contributed by atoms with Crippen LogP contribution in [0.4, 0.5) is 0 Å². The first-order chi connectivity index (χ1) is 12.2. The van der Waals surface area contributed by atoms with Gasteiger partial charge in [0.05, 0.1) is 13.2 Å². The van der Waals surface area contributed by atoms with Gasteiger partial charge in [-0.05, 0) is 91.5 Å².